The average Bonchev–Trinajstić information content (AvgIpc) is 2.87. The predicted octanol–water partition coefficient (Wildman–Crippen LogP) is 1.67. The minimum absolute atomic E-state index is 0.0429. The van der Waals surface area contributed by atoms with E-state index in [0.717, 1.165) is 12.0 Å². The molecule has 0 aromatic carbocycles. The van der Waals surface area contributed by atoms with Gasteiger partial charge in [0, 0.05) is 13.5 Å². The van der Waals surface area contributed by atoms with Crippen molar-refractivity contribution in [2.45, 2.75) is 38.1 Å². The maximum Gasteiger partial charge on any atom is 0.115 e. The average molecular weight is 212 g/mol. The zero-order chi connectivity index (χ0) is 11.5. The van der Waals surface area contributed by atoms with E-state index in [1.165, 1.54) is 0 Å². The summed E-state index contributed by atoms with van der Waals surface area (Å²) in [5.41, 5.74) is 0.772. The monoisotopic (exact) mass is 212 g/mol. The number of ether oxygens (including phenoxy) is 2. The number of methoxy groups -OCH3 is 1. The highest BCUT2D eigenvalue weighted by Gasteiger charge is 2.52. The number of hydrogen-bond acceptors (Lipinski definition) is 3. The number of aliphatic hydroxyl groups is 1. The van der Waals surface area contributed by atoms with E-state index in [1.807, 2.05) is 19.9 Å². The second-order valence-electron chi connectivity index (χ2n) is 4.18. The number of rotatable bonds is 6. The molecule has 0 radical (unpaired) electrons. The van der Waals surface area contributed by atoms with Crippen LogP contribution in [0.1, 0.15) is 20.3 Å². The van der Waals surface area contributed by atoms with Crippen LogP contribution >= 0.6 is 0 Å². The topological polar surface area (TPSA) is 42.0 Å². The first-order valence-corrected chi connectivity index (χ1v) is 5.18. The SMILES string of the molecule is C=C/C=C(\C)C(C[C@@H]1O[C@@]1(C)CO)OC. The number of hydrogen-bond donors (Lipinski definition) is 1. The van der Waals surface area contributed by atoms with Crippen molar-refractivity contribution in [3.8, 4) is 0 Å². The third-order valence-electron chi connectivity index (χ3n) is 2.95. The van der Waals surface area contributed by atoms with Crippen molar-refractivity contribution in [2.75, 3.05) is 13.7 Å². The molecule has 1 rings (SSSR count). The van der Waals surface area contributed by atoms with Crippen molar-refractivity contribution in [2.24, 2.45) is 0 Å². The van der Waals surface area contributed by atoms with E-state index in [0.29, 0.717) is 0 Å². The molecule has 1 aliphatic rings. The summed E-state index contributed by atoms with van der Waals surface area (Å²) in [4.78, 5) is 0. The predicted molar refractivity (Wildman–Crippen MR) is 59.7 cm³/mol. The van der Waals surface area contributed by atoms with Gasteiger partial charge in [-0.2, -0.15) is 0 Å². The van der Waals surface area contributed by atoms with Crippen LogP contribution in [0.2, 0.25) is 0 Å². The third-order valence-corrected chi connectivity index (χ3v) is 2.95. The molecule has 86 valence electrons. The Bertz CT molecular complexity index is 260. The van der Waals surface area contributed by atoms with E-state index in [9.17, 15) is 0 Å². The van der Waals surface area contributed by atoms with E-state index in [4.69, 9.17) is 14.6 Å². The Hall–Kier alpha value is -0.640. The molecule has 15 heavy (non-hydrogen) atoms. The molecular weight excluding hydrogens is 192 g/mol. The molecule has 3 nitrogen and oxygen atoms in total. The molecule has 0 saturated carbocycles. The van der Waals surface area contributed by atoms with Crippen molar-refractivity contribution < 1.29 is 14.6 Å². The molecule has 0 aliphatic carbocycles. The second-order valence-corrected chi connectivity index (χ2v) is 4.18. The molecule has 0 spiro atoms. The number of epoxide rings is 1. The molecule has 1 unspecified atom stereocenters. The highest BCUT2D eigenvalue weighted by Crippen LogP contribution is 2.39. The lowest BCUT2D eigenvalue weighted by atomic mass is 10.00. The van der Waals surface area contributed by atoms with E-state index in [1.54, 1.807) is 13.2 Å². The van der Waals surface area contributed by atoms with Crippen molar-refractivity contribution in [3.05, 3.63) is 24.3 Å². The summed E-state index contributed by atoms with van der Waals surface area (Å²) in [7, 11) is 1.68. The summed E-state index contributed by atoms with van der Waals surface area (Å²) in [6.07, 6.45) is 4.61. The number of aliphatic hydroxyl groups excluding tert-OH is 1. The third kappa shape index (κ3) is 2.91. The molecule has 1 fully saturated rings. The zero-order valence-electron chi connectivity index (χ0n) is 9.69. The molecule has 0 bridgehead atoms. The van der Waals surface area contributed by atoms with E-state index in [-0.39, 0.29) is 24.4 Å². The van der Waals surface area contributed by atoms with Gasteiger partial charge < -0.3 is 14.6 Å². The molecule has 1 aliphatic heterocycles. The lowest BCUT2D eigenvalue weighted by molar-refractivity contribution is 0.116. The lowest BCUT2D eigenvalue weighted by Gasteiger charge is -2.15. The molecule has 3 atom stereocenters. The van der Waals surface area contributed by atoms with Crippen LogP contribution in [0.5, 0.6) is 0 Å². The van der Waals surface area contributed by atoms with Gasteiger partial charge >= 0.3 is 0 Å². The molecule has 1 saturated heterocycles. The molecular formula is C12H20O3. The van der Waals surface area contributed by atoms with Gasteiger partial charge in [-0.25, -0.2) is 0 Å². The summed E-state index contributed by atoms with van der Waals surface area (Å²) in [5, 5.41) is 9.07. The van der Waals surface area contributed by atoms with Gasteiger partial charge in [-0.15, -0.1) is 0 Å². The van der Waals surface area contributed by atoms with Crippen LogP contribution in [0.4, 0.5) is 0 Å². The van der Waals surface area contributed by atoms with Crippen LogP contribution in [0.3, 0.4) is 0 Å². The highest BCUT2D eigenvalue weighted by atomic mass is 16.6. The van der Waals surface area contributed by atoms with E-state index in [2.05, 4.69) is 6.58 Å². The van der Waals surface area contributed by atoms with Crippen LogP contribution in [0, 0.1) is 0 Å². The summed E-state index contributed by atoms with van der Waals surface area (Å²) in [6.45, 7) is 7.64. The Balaban J connectivity index is 2.49. The van der Waals surface area contributed by atoms with Gasteiger partial charge in [0.15, 0.2) is 0 Å². The number of allylic oxidation sites excluding steroid dienone is 2. The van der Waals surface area contributed by atoms with Crippen LogP contribution in [0.15, 0.2) is 24.3 Å². The minimum Gasteiger partial charge on any atom is -0.393 e. The van der Waals surface area contributed by atoms with Crippen molar-refractivity contribution in [1.82, 2.24) is 0 Å². The highest BCUT2D eigenvalue weighted by molar-refractivity contribution is 5.14. The maximum atomic E-state index is 9.07. The summed E-state index contributed by atoms with van der Waals surface area (Å²) in [6, 6.07) is 0. The molecule has 0 amide bonds. The van der Waals surface area contributed by atoms with E-state index < -0.39 is 0 Å². The molecule has 1 N–H and O–H groups in total. The molecule has 1 heterocycles. The zero-order valence-corrected chi connectivity index (χ0v) is 9.69. The van der Waals surface area contributed by atoms with Gasteiger partial charge in [0.2, 0.25) is 0 Å². The first-order valence-electron chi connectivity index (χ1n) is 5.18. The standard InChI is InChI=1S/C12H20O3/c1-5-6-9(2)10(14-4)7-11-12(3,8-13)15-11/h5-6,10-11,13H,1,7-8H2,2-4H3/b9-6+/t10?,11-,12-/m0/s1. The smallest absolute Gasteiger partial charge is 0.115 e. The summed E-state index contributed by atoms with van der Waals surface area (Å²) >= 11 is 0. The normalized spacial score (nSPS) is 32.5. The van der Waals surface area contributed by atoms with Crippen molar-refractivity contribution >= 4 is 0 Å². The Morgan fingerprint density at radius 2 is 2.40 bits per heavy atom. The molecule has 0 aromatic heterocycles. The lowest BCUT2D eigenvalue weighted by Crippen LogP contribution is -2.21. The van der Waals surface area contributed by atoms with E-state index >= 15 is 0 Å². The Morgan fingerprint density at radius 3 is 2.80 bits per heavy atom. The van der Waals surface area contributed by atoms with Crippen molar-refractivity contribution in [1.29, 1.82) is 0 Å². The first-order chi connectivity index (χ1) is 7.07. The summed E-state index contributed by atoms with van der Waals surface area (Å²) < 4.78 is 10.8. The van der Waals surface area contributed by atoms with Gasteiger partial charge in [-0.05, 0) is 19.4 Å². The summed E-state index contributed by atoms with van der Waals surface area (Å²) in [5.74, 6) is 0. The van der Waals surface area contributed by atoms with Crippen LogP contribution in [-0.4, -0.2) is 36.6 Å². The minimum atomic E-state index is -0.356. The fourth-order valence-corrected chi connectivity index (χ4v) is 1.68. The maximum absolute atomic E-state index is 9.07. The second kappa shape index (κ2) is 4.92. The van der Waals surface area contributed by atoms with Gasteiger partial charge in [0.1, 0.15) is 5.60 Å². The van der Waals surface area contributed by atoms with Crippen LogP contribution < -0.4 is 0 Å². The van der Waals surface area contributed by atoms with Crippen molar-refractivity contribution in [3.63, 3.8) is 0 Å². The van der Waals surface area contributed by atoms with Gasteiger partial charge in [0.25, 0.3) is 0 Å². The van der Waals surface area contributed by atoms with Crippen LogP contribution in [0.25, 0.3) is 0 Å². The van der Waals surface area contributed by atoms with Crippen LogP contribution in [-0.2, 0) is 9.47 Å². The molecule has 3 heteroatoms. The first kappa shape index (κ1) is 12.4. The Kier molecular flexibility index (Phi) is 4.08. The van der Waals surface area contributed by atoms with Gasteiger partial charge in [0.05, 0.1) is 18.8 Å². The van der Waals surface area contributed by atoms with Gasteiger partial charge in [-0.3, -0.25) is 0 Å². The largest absolute Gasteiger partial charge is 0.393 e. The Labute approximate surface area is 91.4 Å². The Morgan fingerprint density at radius 1 is 1.73 bits per heavy atom. The molecule has 0 aromatic rings. The fourth-order valence-electron chi connectivity index (χ4n) is 1.68. The van der Waals surface area contributed by atoms with Gasteiger partial charge in [-0.1, -0.05) is 18.7 Å². The quantitative estimate of drug-likeness (QED) is 0.538. The fraction of sp³-hybridized carbons (Fsp3) is 0.667.